The van der Waals surface area contributed by atoms with Gasteiger partial charge in [-0.3, -0.25) is 10.1 Å². The zero-order valence-corrected chi connectivity index (χ0v) is 10.9. The average Bonchev–Trinajstić information content (AvgIpc) is 2.42. The highest BCUT2D eigenvalue weighted by molar-refractivity contribution is 5.64. The number of nitro benzene ring substituents is 1. The molecule has 0 spiro atoms. The van der Waals surface area contributed by atoms with Gasteiger partial charge >= 0.3 is 0 Å². The summed E-state index contributed by atoms with van der Waals surface area (Å²) in [7, 11) is 0. The van der Waals surface area contributed by atoms with Gasteiger partial charge in [0.2, 0.25) is 0 Å². The average molecular weight is 286 g/mol. The third-order valence-electron chi connectivity index (χ3n) is 3.62. The lowest BCUT2D eigenvalue weighted by molar-refractivity contribution is -0.384. The normalized spacial score (nSPS) is 19.1. The van der Waals surface area contributed by atoms with E-state index in [2.05, 4.69) is 0 Å². The van der Waals surface area contributed by atoms with Gasteiger partial charge in [-0.25, -0.2) is 8.78 Å². The number of aliphatic hydroxyl groups is 1. The second-order valence-electron chi connectivity index (χ2n) is 4.95. The van der Waals surface area contributed by atoms with E-state index in [1.807, 2.05) is 0 Å². The number of benzene rings is 1. The molecule has 5 nitrogen and oxygen atoms in total. The third-order valence-corrected chi connectivity index (χ3v) is 3.62. The zero-order chi connectivity index (χ0) is 14.7. The molecule has 1 heterocycles. The van der Waals surface area contributed by atoms with E-state index in [1.54, 1.807) is 0 Å². The second kappa shape index (κ2) is 6.13. The molecule has 0 aromatic heterocycles. The summed E-state index contributed by atoms with van der Waals surface area (Å²) in [5, 5.41) is 19.9. The van der Waals surface area contributed by atoms with E-state index in [1.165, 1.54) is 4.90 Å². The van der Waals surface area contributed by atoms with Crippen LogP contribution in [-0.2, 0) is 0 Å². The van der Waals surface area contributed by atoms with E-state index >= 15 is 0 Å². The molecule has 0 amide bonds. The molecule has 2 rings (SSSR count). The van der Waals surface area contributed by atoms with Crippen molar-refractivity contribution in [3.63, 3.8) is 0 Å². The number of piperidine rings is 1. The van der Waals surface area contributed by atoms with Crippen LogP contribution in [0.3, 0.4) is 0 Å². The Bertz CT molecular complexity index is 509. The van der Waals surface area contributed by atoms with Crippen LogP contribution in [0.1, 0.15) is 19.3 Å². The van der Waals surface area contributed by atoms with Crippen LogP contribution in [0.2, 0.25) is 0 Å². The van der Waals surface area contributed by atoms with Crippen LogP contribution in [0, 0.1) is 27.7 Å². The van der Waals surface area contributed by atoms with Gasteiger partial charge in [0.25, 0.3) is 5.69 Å². The lowest BCUT2D eigenvalue weighted by Gasteiger charge is -2.34. The molecule has 1 aromatic rings. The first-order valence-corrected chi connectivity index (χ1v) is 6.52. The molecule has 1 saturated heterocycles. The molecule has 110 valence electrons. The molecular formula is C13H16F2N2O3. The Kier molecular flexibility index (Phi) is 4.49. The van der Waals surface area contributed by atoms with E-state index in [0.717, 1.165) is 25.0 Å². The zero-order valence-electron chi connectivity index (χ0n) is 10.9. The SMILES string of the molecule is O=[N+]([O-])c1ccc(F)c(F)c1N1CCCC(CCO)C1. The molecule has 1 fully saturated rings. The van der Waals surface area contributed by atoms with Crippen molar-refractivity contribution in [1.82, 2.24) is 0 Å². The summed E-state index contributed by atoms with van der Waals surface area (Å²) in [6.45, 7) is 0.858. The molecular weight excluding hydrogens is 270 g/mol. The number of hydrogen-bond acceptors (Lipinski definition) is 4. The summed E-state index contributed by atoms with van der Waals surface area (Å²) in [6, 6.07) is 1.76. The van der Waals surface area contributed by atoms with E-state index < -0.39 is 22.2 Å². The summed E-state index contributed by atoms with van der Waals surface area (Å²) in [4.78, 5) is 11.8. The van der Waals surface area contributed by atoms with Gasteiger partial charge < -0.3 is 10.0 Å². The first kappa shape index (κ1) is 14.6. The Labute approximate surface area is 115 Å². The van der Waals surface area contributed by atoms with Gasteiger partial charge in [-0.1, -0.05) is 0 Å². The molecule has 0 saturated carbocycles. The Morgan fingerprint density at radius 2 is 2.20 bits per heavy atom. The highest BCUT2D eigenvalue weighted by atomic mass is 19.2. The lowest BCUT2D eigenvalue weighted by Crippen LogP contribution is -2.36. The summed E-state index contributed by atoms with van der Waals surface area (Å²) >= 11 is 0. The quantitative estimate of drug-likeness (QED) is 0.682. The van der Waals surface area contributed by atoms with Crippen molar-refractivity contribution in [2.45, 2.75) is 19.3 Å². The molecule has 0 aliphatic carbocycles. The topological polar surface area (TPSA) is 66.6 Å². The van der Waals surface area contributed by atoms with Gasteiger partial charge in [0.15, 0.2) is 17.3 Å². The number of nitro groups is 1. The number of anilines is 1. The van der Waals surface area contributed by atoms with Crippen LogP contribution in [0.15, 0.2) is 12.1 Å². The van der Waals surface area contributed by atoms with E-state index in [4.69, 9.17) is 5.11 Å². The summed E-state index contributed by atoms with van der Waals surface area (Å²) < 4.78 is 27.3. The Morgan fingerprint density at radius 1 is 1.45 bits per heavy atom. The number of nitrogens with zero attached hydrogens (tertiary/aromatic N) is 2. The van der Waals surface area contributed by atoms with Crippen molar-refractivity contribution >= 4 is 11.4 Å². The van der Waals surface area contributed by atoms with Crippen molar-refractivity contribution < 1.29 is 18.8 Å². The van der Waals surface area contributed by atoms with Crippen LogP contribution in [0.25, 0.3) is 0 Å². The van der Waals surface area contributed by atoms with Crippen molar-refractivity contribution in [2.24, 2.45) is 5.92 Å². The minimum Gasteiger partial charge on any atom is -0.396 e. The molecule has 1 unspecified atom stereocenters. The number of aliphatic hydroxyl groups excluding tert-OH is 1. The minimum atomic E-state index is -1.18. The fourth-order valence-corrected chi connectivity index (χ4v) is 2.66. The number of hydrogen-bond donors (Lipinski definition) is 1. The van der Waals surface area contributed by atoms with Gasteiger partial charge in [-0.15, -0.1) is 0 Å². The van der Waals surface area contributed by atoms with Crippen LogP contribution < -0.4 is 4.90 Å². The lowest BCUT2D eigenvalue weighted by atomic mass is 9.94. The molecule has 1 aliphatic heterocycles. The molecule has 0 bridgehead atoms. The van der Waals surface area contributed by atoms with Gasteiger partial charge in [-0.2, -0.15) is 0 Å². The molecule has 1 aromatic carbocycles. The van der Waals surface area contributed by atoms with Crippen LogP contribution in [0.5, 0.6) is 0 Å². The standard InChI is InChI=1S/C13H16F2N2O3/c14-10-3-4-11(17(19)20)13(12(10)15)16-6-1-2-9(8-16)5-7-18/h3-4,9,18H,1-2,5-8H2. The third kappa shape index (κ3) is 2.87. The van der Waals surface area contributed by atoms with Gasteiger partial charge in [-0.05, 0) is 31.2 Å². The largest absolute Gasteiger partial charge is 0.396 e. The van der Waals surface area contributed by atoms with Crippen LogP contribution >= 0.6 is 0 Å². The summed E-state index contributed by atoms with van der Waals surface area (Å²) in [5.41, 5.74) is -0.703. The highest BCUT2D eigenvalue weighted by Gasteiger charge is 2.29. The van der Waals surface area contributed by atoms with Gasteiger partial charge in [0, 0.05) is 25.8 Å². The fraction of sp³-hybridized carbons (Fsp3) is 0.538. The summed E-state index contributed by atoms with van der Waals surface area (Å²) in [5.74, 6) is -2.13. The molecule has 20 heavy (non-hydrogen) atoms. The highest BCUT2D eigenvalue weighted by Crippen LogP contribution is 2.35. The van der Waals surface area contributed by atoms with E-state index in [0.29, 0.717) is 19.5 Å². The van der Waals surface area contributed by atoms with Crippen molar-refractivity contribution in [3.05, 3.63) is 33.9 Å². The molecule has 7 heteroatoms. The maximum absolute atomic E-state index is 13.9. The van der Waals surface area contributed by atoms with E-state index in [9.17, 15) is 18.9 Å². The first-order chi connectivity index (χ1) is 9.54. The molecule has 1 atom stereocenters. The molecule has 1 N–H and O–H groups in total. The van der Waals surface area contributed by atoms with Crippen molar-refractivity contribution in [2.75, 3.05) is 24.6 Å². The molecule has 1 aliphatic rings. The predicted octanol–water partition coefficient (Wildman–Crippen LogP) is 2.47. The Hall–Kier alpha value is -1.76. The van der Waals surface area contributed by atoms with Gasteiger partial charge in [0.05, 0.1) is 4.92 Å². The maximum atomic E-state index is 13.9. The van der Waals surface area contributed by atoms with E-state index in [-0.39, 0.29) is 18.2 Å². The van der Waals surface area contributed by atoms with Gasteiger partial charge in [0.1, 0.15) is 0 Å². The summed E-state index contributed by atoms with van der Waals surface area (Å²) in [6.07, 6.45) is 2.17. The maximum Gasteiger partial charge on any atom is 0.295 e. The Morgan fingerprint density at radius 3 is 2.85 bits per heavy atom. The number of rotatable bonds is 4. The van der Waals surface area contributed by atoms with Crippen LogP contribution in [-0.4, -0.2) is 29.7 Å². The van der Waals surface area contributed by atoms with Crippen LogP contribution in [0.4, 0.5) is 20.2 Å². The second-order valence-corrected chi connectivity index (χ2v) is 4.95. The van der Waals surface area contributed by atoms with Crippen molar-refractivity contribution in [1.29, 1.82) is 0 Å². The first-order valence-electron chi connectivity index (χ1n) is 6.52. The fourth-order valence-electron chi connectivity index (χ4n) is 2.66. The van der Waals surface area contributed by atoms with Crippen molar-refractivity contribution in [3.8, 4) is 0 Å². The monoisotopic (exact) mass is 286 g/mol. The Balaban J connectivity index is 2.35. The molecule has 0 radical (unpaired) electrons. The number of halogens is 2. The smallest absolute Gasteiger partial charge is 0.295 e. The minimum absolute atomic E-state index is 0.0201. The predicted molar refractivity (Wildman–Crippen MR) is 69.7 cm³/mol.